The Bertz CT molecular complexity index is 1330. The number of benzene rings is 3. The van der Waals surface area contributed by atoms with Crippen LogP contribution in [0.15, 0.2) is 82.6 Å². The number of carboxylic acids is 1. The first-order chi connectivity index (χ1) is 15.5. The van der Waals surface area contributed by atoms with Crippen molar-refractivity contribution in [3.8, 4) is 5.75 Å². The zero-order chi connectivity index (χ0) is 24.2. The van der Waals surface area contributed by atoms with Gasteiger partial charge in [0.2, 0.25) is 10.0 Å². The molecular formula is C23H23NO7S2. The second-order valence-corrected chi connectivity index (χ2v) is 10.8. The number of carbonyl (C=O) groups is 1. The Kier molecular flexibility index (Phi) is 7.21. The lowest BCUT2D eigenvalue weighted by Gasteiger charge is -2.15. The van der Waals surface area contributed by atoms with Gasteiger partial charge in [-0.2, -0.15) is 13.1 Å². The molecule has 8 nitrogen and oxygen atoms in total. The van der Waals surface area contributed by atoms with E-state index < -0.39 is 32.2 Å². The third-order valence-corrected chi connectivity index (χ3v) is 7.55. The van der Waals surface area contributed by atoms with E-state index in [9.17, 15) is 26.7 Å². The molecule has 0 bridgehead atoms. The first kappa shape index (κ1) is 24.4. The van der Waals surface area contributed by atoms with Gasteiger partial charge < -0.3 is 9.29 Å². The molecule has 0 saturated carbocycles. The van der Waals surface area contributed by atoms with Crippen molar-refractivity contribution in [3.63, 3.8) is 0 Å². The summed E-state index contributed by atoms with van der Waals surface area (Å²) in [5, 5.41) is 9.51. The van der Waals surface area contributed by atoms with E-state index in [2.05, 4.69) is 4.72 Å². The summed E-state index contributed by atoms with van der Waals surface area (Å²) in [5.74, 6) is -1.29. The number of hydrogen-bond acceptors (Lipinski definition) is 6. The predicted molar refractivity (Wildman–Crippen MR) is 122 cm³/mol. The molecule has 2 N–H and O–H groups in total. The molecule has 3 rings (SSSR count). The molecule has 0 aromatic heterocycles. The number of aliphatic carboxylic acids is 1. The molecule has 0 aliphatic rings. The van der Waals surface area contributed by atoms with Gasteiger partial charge in [0.15, 0.2) is 0 Å². The molecule has 0 unspecified atom stereocenters. The molecule has 0 saturated heterocycles. The van der Waals surface area contributed by atoms with Gasteiger partial charge in [0.1, 0.15) is 16.7 Å². The topological polar surface area (TPSA) is 127 Å². The van der Waals surface area contributed by atoms with Crippen molar-refractivity contribution in [2.45, 2.75) is 36.1 Å². The Morgan fingerprint density at radius 1 is 0.818 bits per heavy atom. The molecule has 3 aromatic carbocycles. The molecule has 174 valence electrons. The molecule has 0 amide bonds. The van der Waals surface area contributed by atoms with Crippen LogP contribution in [0.1, 0.15) is 16.7 Å². The lowest BCUT2D eigenvalue weighted by Crippen LogP contribution is -2.42. The number of nitrogens with one attached hydrogen (secondary N) is 1. The maximum atomic E-state index is 12.6. The van der Waals surface area contributed by atoms with E-state index in [-0.39, 0.29) is 22.0 Å². The van der Waals surface area contributed by atoms with Crippen LogP contribution in [-0.2, 0) is 31.4 Å². The van der Waals surface area contributed by atoms with Crippen LogP contribution < -0.4 is 8.91 Å². The van der Waals surface area contributed by atoms with Gasteiger partial charge in [-0.1, -0.05) is 47.5 Å². The molecule has 1 atom stereocenters. The highest BCUT2D eigenvalue weighted by molar-refractivity contribution is 7.89. The Labute approximate surface area is 193 Å². The quantitative estimate of drug-likeness (QED) is 0.442. The van der Waals surface area contributed by atoms with Gasteiger partial charge in [-0.15, -0.1) is 0 Å². The van der Waals surface area contributed by atoms with Crippen molar-refractivity contribution in [3.05, 3.63) is 89.5 Å². The van der Waals surface area contributed by atoms with Gasteiger partial charge in [-0.25, -0.2) is 8.42 Å². The van der Waals surface area contributed by atoms with Crippen LogP contribution in [0, 0.1) is 13.8 Å². The van der Waals surface area contributed by atoms with Gasteiger partial charge in [-0.3, -0.25) is 4.79 Å². The smallest absolute Gasteiger partial charge is 0.339 e. The van der Waals surface area contributed by atoms with Gasteiger partial charge in [0.25, 0.3) is 0 Å². The van der Waals surface area contributed by atoms with E-state index in [1.165, 1.54) is 48.5 Å². The average molecular weight is 490 g/mol. The number of carboxylic acid groups (broad SMARTS) is 1. The standard InChI is InChI=1S/C23H23NO7S2/c1-16-3-11-20(12-4-16)32(27,28)24-22(23(25)26)15-18-7-9-19(10-8-18)31-33(29,30)21-13-5-17(2)6-14-21/h3-14,22,24H,15H2,1-2H3,(H,25,26)/t22-/m0/s1. The summed E-state index contributed by atoms with van der Waals surface area (Å²) in [5.41, 5.74) is 2.26. The van der Waals surface area contributed by atoms with Crippen molar-refractivity contribution >= 4 is 26.1 Å². The first-order valence-corrected chi connectivity index (χ1v) is 12.8. The third kappa shape index (κ3) is 6.41. The molecule has 0 aliphatic carbocycles. The minimum atomic E-state index is -4.04. The largest absolute Gasteiger partial charge is 0.480 e. The minimum absolute atomic E-state index is 0.00799. The van der Waals surface area contributed by atoms with E-state index in [1.54, 1.807) is 24.3 Å². The lowest BCUT2D eigenvalue weighted by atomic mass is 10.1. The number of rotatable bonds is 9. The maximum Gasteiger partial charge on any atom is 0.339 e. The van der Waals surface area contributed by atoms with E-state index in [0.717, 1.165) is 11.1 Å². The molecule has 3 aromatic rings. The van der Waals surface area contributed by atoms with Crippen LogP contribution >= 0.6 is 0 Å². The van der Waals surface area contributed by atoms with Gasteiger partial charge in [0.05, 0.1) is 4.90 Å². The van der Waals surface area contributed by atoms with Crippen LogP contribution in [0.4, 0.5) is 0 Å². The summed E-state index contributed by atoms with van der Waals surface area (Å²) < 4.78 is 57.2. The Balaban J connectivity index is 1.72. The highest BCUT2D eigenvalue weighted by Gasteiger charge is 2.26. The monoisotopic (exact) mass is 489 g/mol. The summed E-state index contributed by atoms with van der Waals surface area (Å²) in [6.45, 7) is 3.64. The highest BCUT2D eigenvalue weighted by atomic mass is 32.2. The van der Waals surface area contributed by atoms with Gasteiger partial charge >= 0.3 is 16.1 Å². The van der Waals surface area contributed by atoms with Crippen LogP contribution in [0.3, 0.4) is 0 Å². The summed E-state index contributed by atoms with van der Waals surface area (Å²) in [4.78, 5) is 11.6. The van der Waals surface area contributed by atoms with E-state index >= 15 is 0 Å². The van der Waals surface area contributed by atoms with Crippen LogP contribution in [0.25, 0.3) is 0 Å². The summed E-state index contributed by atoms with van der Waals surface area (Å²) in [6, 6.07) is 16.5. The van der Waals surface area contributed by atoms with Crippen LogP contribution in [0.5, 0.6) is 5.75 Å². The van der Waals surface area contributed by atoms with Gasteiger partial charge in [0, 0.05) is 0 Å². The molecule has 0 radical (unpaired) electrons. The fourth-order valence-corrected chi connectivity index (χ4v) is 5.07. The molecule has 10 heteroatoms. The zero-order valence-corrected chi connectivity index (χ0v) is 19.6. The second-order valence-electron chi connectivity index (χ2n) is 7.52. The SMILES string of the molecule is Cc1ccc(S(=O)(=O)N[C@@H](Cc2ccc(OS(=O)(=O)c3ccc(C)cc3)cc2)C(=O)O)cc1. The summed E-state index contributed by atoms with van der Waals surface area (Å²) in [7, 11) is -8.07. The molecule has 0 spiro atoms. The number of sulfonamides is 1. The van der Waals surface area contributed by atoms with Crippen LogP contribution in [-0.4, -0.2) is 34.0 Å². The second kappa shape index (κ2) is 9.74. The lowest BCUT2D eigenvalue weighted by molar-refractivity contribution is -0.138. The molecule has 0 fully saturated rings. The zero-order valence-electron chi connectivity index (χ0n) is 17.9. The van der Waals surface area contributed by atoms with Gasteiger partial charge in [-0.05, 0) is 62.2 Å². The molecule has 33 heavy (non-hydrogen) atoms. The number of aryl methyl sites for hydroxylation is 2. The Morgan fingerprint density at radius 2 is 1.30 bits per heavy atom. The fraction of sp³-hybridized carbons (Fsp3) is 0.174. The molecule has 0 aliphatic heterocycles. The Hall–Kier alpha value is -3.21. The summed E-state index contributed by atoms with van der Waals surface area (Å²) in [6.07, 6.45) is -0.147. The van der Waals surface area contributed by atoms with E-state index in [0.29, 0.717) is 5.56 Å². The summed E-state index contributed by atoms with van der Waals surface area (Å²) >= 11 is 0. The van der Waals surface area contributed by atoms with E-state index in [1.807, 2.05) is 13.8 Å². The van der Waals surface area contributed by atoms with Crippen molar-refractivity contribution in [1.29, 1.82) is 0 Å². The average Bonchev–Trinajstić information content (AvgIpc) is 2.75. The van der Waals surface area contributed by atoms with Crippen LogP contribution in [0.2, 0.25) is 0 Å². The van der Waals surface area contributed by atoms with Crippen molar-refractivity contribution in [2.24, 2.45) is 0 Å². The van der Waals surface area contributed by atoms with Crippen molar-refractivity contribution in [2.75, 3.05) is 0 Å². The normalized spacial score (nSPS) is 12.8. The third-order valence-electron chi connectivity index (χ3n) is 4.81. The van der Waals surface area contributed by atoms with Crippen molar-refractivity contribution in [1.82, 2.24) is 4.72 Å². The Morgan fingerprint density at radius 3 is 1.79 bits per heavy atom. The molecular weight excluding hydrogens is 466 g/mol. The van der Waals surface area contributed by atoms with E-state index in [4.69, 9.17) is 4.18 Å². The highest BCUT2D eigenvalue weighted by Crippen LogP contribution is 2.20. The number of hydrogen-bond donors (Lipinski definition) is 2. The fourth-order valence-electron chi connectivity index (χ4n) is 2.95. The maximum absolute atomic E-state index is 12.6. The predicted octanol–water partition coefficient (Wildman–Crippen LogP) is 3.05. The first-order valence-electron chi connectivity index (χ1n) is 9.88. The minimum Gasteiger partial charge on any atom is -0.480 e. The molecule has 0 heterocycles. The van der Waals surface area contributed by atoms with Crippen molar-refractivity contribution < 1.29 is 30.9 Å².